The number of nitrogens with zero attached hydrogens (tertiary/aromatic N) is 2. The minimum atomic E-state index is -0.0190. The van der Waals surface area contributed by atoms with Gasteiger partial charge in [-0.25, -0.2) is 4.98 Å². The molecule has 1 aliphatic carbocycles. The Morgan fingerprint density at radius 2 is 2.32 bits per heavy atom. The Hall–Kier alpha value is -1.58. The van der Waals surface area contributed by atoms with Crippen LogP contribution >= 0.6 is 0 Å². The van der Waals surface area contributed by atoms with Crippen LogP contribution in [-0.4, -0.2) is 15.5 Å². The number of allylic oxidation sites excluding steroid dienone is 1. The van der Waals surface area contributed by atoms with Crippen molar-refractivity contribution in [3.05, 3.63) is 29.9 Å². The van der Waals surface area contributed by atoms with E-state index in [9.17, 15) is 4.79 Å². The summed E-state index contributed by atoms with van der Waals surface area (Å²) >= 11 is 0. The zero-order valence-corrected chi connectivity index (χ0v) is 12.0. The molecule has 1 aromatic rings. The molecule has 0 aromatic carbocycles. The Balaban J connectivity index is 2.01. The lowest BCUT2D eigenvalue weighted by molar-refractivity contribution is -0.121. The van der Waals surface area contributed by atoms with Crippen molar-refractivity contribution >= 4 is 5.91 Å². The first kappa shape index (κ1) is 13.8. The van der Waals surface area contributed by atoms with Crippen molar-refractivity contribution in [1.29, 1.82) is 0 Å². The fourth-order valence-electron chi connectivity index (χ4n) is 2.53. The molecular formula is C15H23N3O. The number of hydrogen-bond donors (Lipinski definition) is 1. The number of carbonyl (C=O) groups excluding carboxylic acids is 1. The summed E-state index contributed by atoms with van der Waals surface area (Å²) in [6, 6.07) is -0.0190. The number of aromatic nitrogens is 2. The Kier molecular flexibility index (Phi) is 4.40. The van der Waals surface area contributed by atoms with Crippen LogP contribution in [0.5, 0.6) is 0 Å². The van der Waals surface area contributed by atoms with Crippen molar-refractivity contribution in [2.24, 2.45) is 13.0 Å². The van der Waals surface area contributed by atoms with E-state index >= 15 is 0 Å². The van der Waals surface area contributed by atoms with Crippen LogP contribution in [0.25, 0.3) is 0 Å². The van der Waals surface area contributed by atoms with Crippen LogP contribution in [0, 0.1) is 5.92 Å². The lowest BCUT2D eigenvalue weighted by Gasteiger charge is -2.22. The van der Waals surface area contributed by atoms with Gasteiger partial charge in [-0.05, 0) is 25.2 Å². The SMILES string of the molecule is CC(C)C(NC(=O)CC1=CCCC1)c1nccn1C. The predicted molar refractivity (Wildman–Crippen MR) is 75.5 cm³/mol. The molecule has 1 unspecified atom stereocenters. The molecule has 0 spiro atoms. The van der Waals surface area contributed by atoms with Crippen molar-refractivity contribution in [3.8, 4) is 0 Å². The Morgan fingerprint density at radius 1 is 1.53 bits per heavy atom. The van der Waals surface area contributed by atoms with E-state index in [1.165, 1.54) is 12.0 Å². The first-order chi connectivity index (χ1) is 9.08. The molecule has 1 aliphatic rings. The van der Waals surface area contributed by atoms with Gasteiger partial charge >= 0.3 is 0 Å². The van der Waals surface area contributed by atoms with Crippen molar-refractivity contribution in [1.82, 2.24) is 14.9 Å². The highest BCUT2D eigenvalue weighted by Gasteiger charge is 2.22. The summed E-state index contributed by atoms with van der Waals surface area (Å²) in [7, 11) is 1.96. The molecule has 1 heterocycles. The number of amides is 1. The summed E-state index contributed by atoms with van der Waals surface area (Å²) in [6.45, 7) is 4.21. The second-order valence-electron chi connectivity index (χ2n) is 5.62. The Labute approximate surface area is 114 Å². The topological polar surface area (TPSA) is 46.9 Å². The molecule has 0 aliphatic heterocycles. The van der Waals surface area contributed by atoms with E-state index in [4.69, 9.17) is 0 Å². The third kappa shape index (κ3) is 3.46. The van der Waals surface area contributed by atoms with Gasteiger partial charge in [0.2, 0.25) is 5.91 Å². The van der Waals surface area contributed by atoms with Crippen molar-refractivity contribution in [2.45, 2.75) is 45.6 Å². The standard InChI is InChI=1S/C15H23N3O/c1-11(2)14(15-16-8-9-18(15)3)17-13(19)10-12-6-4-5-7-12/h6,8-9,11,14H,4-5,7,10H2,1-3H3,(H,17,19). The van der Waals surface area contributed by atoms with Crippen molar-refractivity contribution < 1.29 is 4.79 Å². The molecule has 1 aromatic heterocycles. The van der Waals surface area contributed by atoms with Crippen LogP contribution < -0.4 is 5.32 Å². The van der Waals surface area contributed by atoms with Gasteiger partial charge in [0.25, 0.3) is 0 Å². The maximum absolute atomic E-state index is 12.1. The Bertz CT molecular complexity index is 473. The van der Waals surface area contributed by atoms with Crippen LogP contribution in [0.15, 0.2) is 24.0 Å². The van der Waals surface area contributed by atoms with Gasteiger partial charge in [0, 0.05) is 25.9 Å². The van der Waals surface area contributed by atoms with Crippen LogP contribution in [0.2, 0.25) is 0 Å². The fourth-order valence-corrected chi connectivity index (χ4v) is 2.53. The van der Waals surface area contributed by atoms with E-state index < -0.39 is 0 Å². The summed E-state index contributed by atoms with van der Waals surface area (Å²) in [5.74, 6) is 1.35. The van der Waals surface area contributed by atoms with Gasteiger partial charge in [-0.1, -0.05) is 25.5 Å². The number of hydrogen-bond acceptors (Lipinski definition) is 2. The van der Waals surface area contributed by atoms with Gasteiger partial charge < -0.3 is 9.88 Å². The van der Waals surface area contributed by atoms with Gasteiger partial charge in [-0.2, -0.15) is 0 Å². The number of aryl methyl sites for hydroxylation is 1. The van der Waals surface area contributed by atoms with Gasteiger partial charge in [-0.15, -0.1) is 0 Å². The molecule has 1 N–H and O–H groups in total. The maximum atomic E-state index is 12.1. The molecule has 19 heavy (non-hydrogen) atoms. The first-order valence-electron chi connectivity index (χ1n) is 7.02. The molecule has 4 nitrogen and oxygen atoms in total. The van der Waals surface area contributed by atoms with Crippen LogP contribution in [0.1, 0.15) is 51.4 Å². The average Bonchev–Trinajstić information content (AvgIpc) is 2.97. The van der Waals surface area contributed by atoms with E-state index in [1.54, 1.807) is 6.20 Å². The van der Waals surface area contributed by atoms with Gasteiger partial charge in [0.15, 0.2) is 0 Å². The molecule has 2 rings (SSSR count). The molecule has 0 saturated heterocycles. The third-order valence-electron chi connectivity index (χ3n) is 3.64. The monoisotopic (exact) mass is 261 g/mol. The summed E-state index contributed by atoms with van der Waals surface area (Å²) < 4.78 is 1.97. The summed E-state index contributed by atoms with van der Waals surface area (Å²) in [6.07, 6.45) is 9.80. The Morgan fingerprint density at radius 3 is 2.84 bits per heavy atom. The molecule has 0 fully saturated rings. The van der Waals surface area contributed by atoms with Gasteiger partial charge in [-0.3, -0.25) is 4.79 Å². The highest BCUT2D eigenvalue weighted by atomic mass is 16.1. The van der Waals surface area contributed by atoms with Crippen molar-refractivity contribution in [3.63, 3.8) is 0 Å². The zero-order valence-electron chi connectivity index (χ0n) is 12.0. The molecule has 104 valence electrons. The quantitative estimate of drug-likeness (QED) is 0.828. The van der Waals surface area contributed by atoms with Crippen LogP contribution in [0.4, 0.5) is 0 Å². The zero-order chi connectivity index (χ0) is 13.8. The largest absolute Gasteiger partial charge is 0.346 e. The smallest absolute Gasteiger partial charge is 0.224 e. The third-order valence-corrected chi connectivity index (χ3v) is 3.64. The molecule has 0 bridgehead atoms. The lowest BCUT2D eigenvalue weighted by atomic mass is 10.0. The van der Waals surface area contributed by atoms with Crippen LogP contribution in [0.3, 0.4) is 0 Å². The maximum Gasteiger partial charge on any atom is 0.224 e. The number of carbonyl (C=O) groups is 1. The number of rotatable bonds is 5. The van der Waals surface area contributed by atoms with Crippen molar-refractivity contribution in [2.75, 3.05) is 0 Å². The summed E-state index contributed by atoms with van der Waals surface area (Å²) in [5.41, 5.74) is 1.28. The average molecular weight is 261 g/mol. The van der Waals surface area contributed by atoms with Crippen LogP contribution in [-0.2, 0) is 11.8 Å². The summed E-state index contributed by atoms with van der Waals surface area (Å²) in [5, 5.41) is 3.12. The predicted octanol–water partition coefficient (Wildman–Crippen LogP) is 2.73. The second-order valence-corrected chi connectivity index (χ2v) is 5.62. The molecule has 4 heteroatoms. The molecule has 1 atom stereocenters. The minimum Gasteiger partial charge on any atom is -0.346 e. The normalized spacial score (nSPS) is 16.5. The molecular weight excluding hydrogens is 238 g/mol. The van der Waals surface area contributed by atoms with E-state index in [1.807, 2.05) is 17.8 Å². The minimum absolute atomic E-state index is 0.0190. The molecule has 1 amide bonds. The first-order valence-corrected chi connectivity index (χ1v) is 7.02. The highest BCUT2D eigenvalue weighted by Crippen LogP contribution is 2.23. The van der Waals surface area contributed by atoms with E-state index in [-0.39, 0.29) is 11.9 Å². The number of imidazole rings is 1. The van der Waals surface area contributed by atoms with E-state index in [0.29, 0.717) is 12.3 Å². The van der Waals surface area contributed by atoms with Gasteiger partial charge in [0.1, 0.15) is 5.82 Å². The molecule has 0 saturated carbocycles. The van der Waals surface area contributed by atoms with Gasteiger partial charge in [0.05, 0.1) is 6.04 Å². The highest BCUT2D eigenvalue weighted by molar-refractivity contribution is 5.79. The van der Waals surface area contributed by atoms with E-state index in [0.717, 1.165) is 18.7 Å². The second kappa shape index (κ2) is 6.04. The van der Waals surface area contributed by atoms with E-state index in [2.05, 4.69) is 30.2 Å². The summed E-state index contributed by atoms with van der Waals surface area (Å²) in [4.78, 5) is 16.5. The number of nitrogens with one attached hydrogen (secondary N) is 1. The molecule has 0 radical (unpaired) electrons. The lowest BCUT2D eigenvalue weighted by Crippen LogP contribution is -2.33. The fraction of sp³-hybridized carbons (Fsp3) is 0.600.